The molecular formula is C32H26Cl2N2O7S. The molecule has 0 saturated heterocycles. The van der Waals surface area contributed by atoms with Crippen LogP contribution in [-0.2, 0) is 14.3 Å². The Hall–Kier alpha value is -4.38. The van der Waals surface area contributed by atoms with E-state index in [9.17, 15) is 14.4 Å². The molecule has 2 heterocycles. The number of hydrogen-bond acceptors (Lipinski definition) is 8. The molecule has 0 amide bonds. The molecule has 0 spiro atoms. The van der Waals surface area contributed by atoms with E-state index in [4.69, 9.17) is 47.5 Å². The first-order chi connectivity index (χ1) is 21.2. The predicted molar refractivity (Wildman–Crippen MR) is 168 cm³/mol. The van der Waals surface area contributed by atoms with Gasteiger partial charge in [-0.2, -0.15) is 0 Å². The molecule has 0 saturated carbocycles. The van der Waals surface area contributed by atoms with Crippen LogP contribution >= 0.6 is 34.5 Å². The highest BCUT2D eigenvalue weighted by molar-refractivity contribution is 7.07. The highest BCUT2D eigenvalue weighted by atomic mass is 35.5. The first-order valence-electron chi connectivity index (χ1n) is 13.6. The molecule has 5 rings (SSSR count). The van der Waals surface area contributed by atoms with Crippen LogP contribution in [0.25, 0.3) is 11.8 Å². The average molecular weight is 654 g/mol. The minimum atomic E-state index is -1.18. The summed E-state index contributed by atoms with van der Waals surface area (Å²) in [5, 5.41) is 9.10. The summed E-state index contributed by atoms with van der Waals surface area (Å²) in [6.07, 6.45) is 1.61. The third-order valence-corrected chi connectivity index (χ3v) is 8.08. The van der Waals surface area contributed by atoms with Gasteiger partial charge >= 0.3 is 11.9 Å². The summed E-state index contributed by atoms with van der Waals surface area (Å²) in [5.74, 6) is -1.09. The highest BCUT2D eigenvalue weighted by Crippen LogP contribution is 2.36. The van der Waals surface area contributed by atoms with Crippen molar-refractivity contribution in [2.75, 3.05) is 19.8 Å². The van der Waals surface area contributed by atoms with E-state index < -0.39 is 24.6 Å². The van der Waals surface area contributed by atoms with Crippen LogP contribution in [-0.4, -0.2) is 41.4 Å². The molecule has 0 aliphatic carbocycles. The van der Waals surface area contributed by atoms with Gasteiger partial charge in [0.25, 0.3) is 5.56 Å². The van der Waals surface area contributed by atoms with E-state index in [1.807, 2.05) is 49.4 Å². The Bertz CT molecular complexity index is 1910. The number of esters is 1. The van der Waals surface area contributed by atoms with Crippen molar-refractivity contribution in [3.05, 3.63) is 119 Å². The molecule has 0 radical (unpaired) electrons. The molecule has 1 aliphatic rings. The Morgan fingerprint density at radius 2 is 1.68 bits per heavy atom. The molecule has 3 aromatic carbocycles. The molecule has 1 aromatic heterocycles. The largest absolute Gasteiger partial charge is 0.494 e. The van der Waals surface area contributed by atoms with Crippen molar-refractivity contribution in [3.63, 3.8) is 0 Å². The number of carboxylic acids is 1. The van der Waals surface area contributed by atoms with E-state index in [1.165, 1.54) is 16.7 Å². The van der Waals surface area contributed by atoms with E-state index in [-0.39, 0.29) is 33.5 Å². The number of carbonyl (C=O) groups excluding carboxylic acids is 1. The van der Waals surface area contributed by atoms with Crippen LogP contribution in [0, 0.1) is 0 Å². The molecular weight excluding hydrogens is 627 g/mol. The minimum absolute atomic E-state index is 0.0245. The topological polar surface area (TPSA) is 116 Å². The Balaban J connectivity index is 1.73. The van der Waals surface area contributed by atoms with Gasteiger partial charge in [0.2, 0.25) is 0 Å². The number of carboxylic acid groups (broad SMARTS) is 1. The summed E-state index contributed by atoms with van der Waals surface area (Å²) in [6.45, 7) is 3.61. The molecule has 0 unspecified atom stereocenters. The quantitative estimate of drug-likeness (QED) is 0.237. The van der Waals surface area contributed by atoms with E-state index >= 15 is 0 Å². The summed E-state index contributed by atoms with van der Waals surface area (Å²) >= 11 is 13.8. The molecule has 0 fully saturated rings. The van der Waals surface area contributed by atoms with E-state index in [0.29, 0.717) is 44.1 Å². The number of aromatic nitrogens is 1. The van der Waals surface area contributed by atoms with Crippen molar-refractivity contribution in [1.82, 2.24) is 4.57 Å². The smallest absolute Gasteiger partial charge is 0.341 e. The number of halogens is 2. The van der Waals surface area contributed by atoms with Gasteiger partial charge in [-0.25, -0.2) is 14.6 Å². The monoisotopic (exact) mass is 652 g/mol. The predicted octanol–water partition coefficient (Wildman–Crippen LogP) is 5.10. The van der Waals surface area contributed by atoms with Gasteiger partial charge in [0.1, 0.15) is 5.75 Å². The van der Waals surface area contributed by atoms with Crippen molar-refractivity contribution in [1.29, 1.82) is 0 Å². The Morgan fingerprint density at radius 1 is 1.00 bits per heavy atom. The lowest BCUT2D eigenvalue weighted by Crippen LogP contribution is -2.40. The van der Waals surface area contributed by atoms with Gasteiger partial charge in [-0.1, -0.05) is 77.0 Å². The zero-order chi connectivity index (χ0) is 31.4. The van der Waals surface area contributed by atoms with Gasteiger partial charge in [-0.05, 0) is 55.3 Å². The summed E-state index contributed by atoms with van der Waals surface area (Å²) in [7, 11) is 0. The number of thiazole rings is 1. The summed E-state index contributed by atoms with van der Waals surface area (Å²) in [4.78, 5) is 43.8. The fraction of sp³-hybridized carbons (Fsp3) is 0.188. The van der Waals surface area contributed by atoms with Crippen molar-refractivity contribution in [2.24, 2.45) is 4.99 Å². The lowest BCUT2D eigenvalue weighted by Gasteiger charge is -2.26. The van der Waals surface area contributed by atoms with Crippen molar-refractivity contribution in [3.8, 4) is 11.5 Å². The number of benzene rings is 3. The maximum Gasteiger partial charge on any atom is 0.341 e. The Labute approximate surface area is 265 Å². The number of ether oxygens (including phenoxy) is 3. The zero-order valence-electron chi connectivity index (χ0n) is 23.6. The van der Waals surface area contributed by atoms with E-state index in [1.54, 1.807) is 25.1 Å². The van der Waals surface area contributed by atoms with Crippen LogP contribution in [0.2, 0.25) is 10.0 Å². The fourth-order valence-corrected chi connectivity index (χ4v) is 6.37. The molecule has 0 bridgehead atoms. The SMILES string of the molecule is CCOC(=O)C1=C(c2ccccc2)N=c2s/c(=C\c3cc(Cl)c(OCC(=O)O)c(Cl)c3)c(=O)n2[C@H]1c1ccc(OCC)cc1. The van der Waals surface area contributed by atoms with Crippen LogP contribution in [0.15, 0.2) is 82.1 Å². The van der Waals surface area contributed by atoms with Gasteiger partial charge in [-0.3, -0.25) is 9.36 Å². The number of aliphatic carboxylic acids is 1. The van der Waals surface area contributed by atoms with Gasteiger partial charge in [0.05, 0.1) is 45.1 Å². The summed E-state index contributed by atoms with van der Waals surface area (Å²) in [6, 6.07) is 18.6. The Morgan fingerprint density at radius 3 is 2.30 bits per heavy atom. The second-order valence-electron chi connectivity index (χ2n) is 9.43. The van der Waals surface area contributed by atoms with Gasteiger partial charge in [-0.15, -0.1) is 0 Å². The Kier molecular flexibility index (Phi) is 9.53. The molecule has 1 atom stereocenters. The normalized spacial score (nSPS) is 14.5. The van der Waals surface area contributed by atoms with Crippen molar-refractivity contribution in [2.45, 2.75) is 19.9 Å². The second kappa shape index (κ2) is 13.5. The third-order valence-electron chi connectivity index (χ3n) is 6.54. The van der Waals surface area contributed by atoms with Crippen molar-refractivity contribution < 1.29 is 28.9 Å². The first-order valence-corrected chi connectivity index (χ1v) is 15.1. The van der Waals surface area contributed by atoms with Crippen LogP contribution in [0.3, 0.4) is 0 Å². The number of hydrogen-bond donors (Lipinski definition) is 1. The average Bonchev–Trinajstić information content (AvgIpc) is 3.31. The number of rotatable bonds is 10. The maximum absolute atomic E-state index is 14.1. The fourth-order valence-electron chi connectivity index (χ4n) is 4.75. The highest BCUT2D eigenvalue weighted by Gasteiger charge is 2.35. The molecule has 226 valence electrons. The standard InChI is InChI=1S/C32H26Cl2N2O7S/c1-3-41-21-12-10-20(11-13-21)28-26(31(40)42-4-2)27(19-8-6-5-7-9-19)35-32-36(28)30(39)24(44-32)16-18-14-22(33)29(23(34)15-18)43-17-25(37)38/h5-16,28H,3-4,17H2,1-2H3,(H,37,38)/b24-16-/t28-/m0/s1. The third kappa shape index (κ3) is 6.42. The molecule has 44 heavy (non-hydrogen) atoms. The molecule has 4 aromatic rings. The van der Waals surface area contributed by atoms with Gasteiger partial charge in [0.15, 0.2) is 17.2 Å². The van der Waals surface area contributed by atoms with Crippen molar-refractivity contribution >= 4 is 58.3 Å². The summed E-state index contributed by atoms with van der Waals surface area (Å²) < 4.78 is 18.1. The second-order valence-corrected chi connectivity index (χ2v) is 11.3. The molecule has 1 N–H and O–H groups in total. The molecule has 9 nitrogen and oxygen atoms in total. The number of carbonyl (C=O) groups is 2. The number of fused-ring (bicyclic) bond motifs is 1. The van der Waals surface area contributed by atoms with Crippen LogP contribution < -0.4 is 24.4 Å². The number of nitrogens with zero attached hydrogens (tertiary/aromatic N) is 2. The van der Waals surface area contributed by atoms with E-state index in [0.717, 1.165) is 11.3 Å². The summed E-state index contributed by atoms with van der Waals surface area (Å²) in [5.41, 5.74) is 2.09. The minimum Gasteiger partial charge on any atom is -0.494 e. The molecule has 1 aliphatic heterocycles. The molecule has 12 heteroatoms. The first kappa shape index (κ1) is 31.1. The lowest BCUT2D eigenvalue weighted by atomic mass is 9.93. The van der Waals surface area contributed by atoms with Crippen LogP contribution in [0.5, 0.6) is 11.5 Å². The van der Waals surface area contributed by atoms with Crippen LogP contribution in [0.1, 0.15) is 36.6 Å². The van der Waals surface area contributed by atoms with Gasteiger partial charge in [0, 0.05) is 5.56 Å². The maximum atomic E-state index is 14.1. The van der Waals surface area contributed by atoms with E-state index in [2.05, 4.69) is 0 Å². The lowest BCUT2D eigenvalue weighted by molar-refractivity contribution is -0.140. The van der Waals surface area contributed by atoms with Crippen LogP contribution in [0.4, 0.5) is 0 Å². The van der Waals surface area contributed by atoms with Gasteiger partial charge < -0.3 is 19.3 Å². The zero-order valence-corrected chi connectivity index (χ0v) is 25.9.